The lowest BCUT2D eigenvalue weighted by Gasteiger charge is -2.36. The highest BCUT2D eigenvalue weighted by Gasteiger charge is 2.19. The van der Waals surface area contributed by atoms with Crippen molar-refractivity contribution >= 4 is 17.4 Å². The smallest absolute Gasteiger partial charge is 0.303 e. The van der Waals surface area contributed by atoms with E-state index in [1.54, 1.807) is 12.1 Å². The largest absolute Gasteiger partial charge is 0.481 e. The molecule has 1 fully saturated rings. The molecule has 6 heteroatoms. The Kier molecular flexibility index (Phi) is 6.10. The number of rotatable bonds is 7. The molecule has 1 aromatic carbocycles. The summed E-state index contributed by atoms with van der Waals surface area (Å²) in [5.41, 5.74) is 0.934. The Balaban J connectivity index is 1.82. The van der Waals surface area contributed by atoms with Crippen LogP contribution in [0.5, 0.6) is 0 Å². The zero-order chi connectivity index (χ0) is 16.8. The maximum absolute atomic E-state index is 14.2. The lowest BCUT2D eigenvalue weighted by Crippen LogP contribution is -2.46. The first-order chi connectivity index (χ1) is 11.0. The number of unbranched alkanes of at least 4 members (excludes halogenated alkanes) is 1. The Morgan fingerprint density at radius 2 is 1.87 bits per heavy atom. The highest BCUT2D eigenvalue weighted by molar-refractivity contribution is 5.94. The van der Waals surface area contributed by atoms with Crippen molar-refractivity contribution in [1.82, 2.24) is 4.90 Å². The first-order valence-corrected chi connectivity index (χ1v) is 7.97. The van der Waals surface area contributed by atoms with Crippen molar-refractivity contribution in [2.24, 2.45) is 0 Å². The van der Waals surface area contributed by atoms with E-state index in [4.69, 9.17) is 5.11 Å². The third-order valence-corrected chi connectivity index (χ3v) is 4.18. The second-order valence-electron chi connectivity index (χ2n) is 5.90. The van der Waals surface area contributed by atoms with Gasteiger partial charge in [0.1, 0.15) is 5.82 Å². The quantitative estimate of drug-likeness (QED) is 0.617. The number of hydrogen-bond acceptors (Lipinski definition) is 4. The van der Waals surface area contributed by atoms with Gasteiger partial charge in [-0.2, -0.15) is 0 Å². The van der Waals surface area contributed by atoms with Gasteiger partial charge in [0.05, 0.1) is 5.69 Å². The molecule has 0 spiro atoms. The van der Waals surface area contributed by atoms with Gasteiger partial charge in [-0.1, -0.05) is 0 Å². The van der Waals surface area contributed by atoms with Crippen LogP contribution in [-0.4, -0.2) is 54.5 Å². The van der Waals surface area contributed by atoms with Crippen LogP contribution in [0.1, 0.15) is 36.5 Å². The molecule has 0 bridgehead atoms. The standard InChI is InChI=1S/C17H23FN2O3/c1-13(21)14-5-6-16(15(18)12-14)20-10-8-19(9-11-20)7-3-2-4-17(22)23/h5-6,12H,2-4,7-11H2,1H3,(H,22,23). The van der Waals surface area contributed by atoms with Crippen LogP contribution in [0.3, 0.4) is 0 Å². The molecular weight excluding hydrogens is 299 g/mol. The summed E-state index contributed by atoms with van der Waals surface area (Å²) in [6.45, 7) is 5.44. The fraction of sp³-hybridized carbons (Fsp3) is 0.529. The van der Waals surface area contributed by atoms with Crippen LogP contribution >= 0.6 is 0 Å². The number of hydrogen-bond donors (Lipinski definition) is 1. The molecule has 1 aliphatic rings. The van der Waals surface area contributed by atoms with E-state index in [2.05, 4.69) is 4.90 Å². The van der Waals surface area contributed by atoms with Gasteiger partial charge in [-0.3, -0.25) is 14.5 Å². The Hall–Kier alpha value is -1.95. The molecule has 1 N–H and O–H groups in total. The lowest BCUT2D eigenvalue weighted by molar-refractivity contribution is -0.137. The van der Waals surface area contributed by atoms with Crippen LogP contribution in [-0.2, 0) is 4.79 Å². The molecule has 23 heavy (non-hydrogen) atoms. The monoisotopic (exact) mass is 322 g/mol. The fourth-order valence-electron chi connectivity index (χ4n) is 2.81. The van der Waals surface area contributed by atoms with Crippen LogP contribution in [0.2, 0.25) is 0 Å². The maximum atomic E-state index is 14.2. The summed E-state index contributed by atoms with van der Waals surface area (Å²) in [4.78, 5) is 26.0. The number of carboxylic acids is 1. The number of carboxylic acid groups (broad SMARTS) is 1. The van der Waals surface area contributed by atoms with Crippen LogP contribution in [0.15, 0.2) is 18.2 Å². The van der Waals surface area contributed by atoms with Crippen LogP contribution in [0, 0.1) is 5.82 Å². The molecule has 126 valence electrons. The number of carbonyl (C=O) groups excluding carboxylic acids is 1. The highest BCUT2D eigenvalue weighted by Crippen LogP contribution is 2.22. The first-order valence-electron chi connectivity index (χ1n) is 7.97. The third kappa shape index (κ3) is 5.03. The molecule has 0 aliphatic carbocycles. The first kappa shape index (κ1) is 17.4. The Morgan fingerprint density at radius 3 is 2.43 bits per heavy atom. The van der Waals surface area contributed by atoms with Crippen molar-refractivity contribution in [3.05, 3.63) is 29.6 Å². The van der Waals surface area contributed by atoms with Gasteiger partial charge in [0.15, 0.2) is 5.78 Å². The Bertz CT molecular complexity index is 569. The van der Waals surface area contributed by atoms with Crippen molar-refractivity contribution < 1.29 is 19.1 Å². The van der Waals surface area contributed by atoms with Gasteiger partial charge < -0.3 is 10.0 Å². The van der Waals surface area contributed by atoms with E-state index in [9.17, 15) is 14.0 Å². The third-order valence-electron chi connectivity index (χ3n) is 4.18. The number of ketones is 1. The Labute approximate surface area is 135 Å². The molecule has 1 heterocycles. The number of nitrogens with zero attached hydrogens (tertiary/aromatic N) is 2. The highest BCUT2D eigenvalue weighted by atomic mass is 19.1. The minimum atomic E-state index is -0.751. The van der Waals surface area contributed by atoms with Gasteiger partial charge in [-0.15, -0.1) is 0 Å². The van der Waals surface area contributed by atoms with Gasteiger partial charge in [0, 0.05) is 38.2 Å². The van der Waals surface area contributed by atoms with E-state index in [1.165, 1.54) is 13.0 Å². The van der Waals surface area contributed by atoms with Crippen molar-refractivity contribution in [1.29, 1.82) is 0 Å². The zero-order valence-corrected chi connectivity index (χ0v) is 13.4. The van der Waals surface area contributed by atoms with Crippen molar-refractivity contribution in [2.45, 2.75) is 26.2 Å². The topological polar surface area (TPSA) is 60.9 Å². The van der Waals surface area contributed by atoms with Gasteiger partial charge in [-0.05, 0) is 44.5 Å². The number of piperazine rings is 1. The fourth-order valence-corrected chi connectivity index (χ4v) is 2.81. The van der Waals surface area contributed by atoms with Gasteiger partial charge >= 0.3 is 5.97 Å². The van der Waals surface area contributed by atoms with Gasteiger partial charge in [0.2, 0.25) is 0 Å². The minimum Gasteiger partial charge on any atom is -0.481 e. The second kappa shape index (κ2) is 8.06. The molecule has 0 atom stereocenters. The van der Waals surface area contributed by atoms with E-state index < -0.39 is 5.97 Å². The van der Waals surface area contributed by atoms with Crippen molar-refractivity contribution in [3.8, 4) is 0 Å². The summed E-state index contributed by atoms with van der Waals surface area (Å²) >= 11 is 0. The summed E-state index contributed by atoms with van der Waals surface area (Å²) in [6.07, 6.45) is 1.78. The second-order valence-corrected chi connectivity index (χ2v) is 5.90. The molecule has 1 aliphatic heterocycles. The molecular formula is C17H23FN2O3. The van der Waals surface area contributed by atoms with Crippen LogP contribution in [0.25, 0.3) is 0 Å². The zero-order valence-electron chi connectivity index (χ0n) is 13.4. The normalized spacial score (nSPS) is 15.7. The van der Waals surface area contributed by atoms with Crippen molar-refractivity contribution in [2.75, 3.05) is 37.6 Å². The molecule has 0 radical (unpaired) electrons. The number of aliphatic carboxylic acids is 1. The summed E-state index contributed by atoms with van der Waals surface area (Å²) in [7, 11) is 0. The molecule has 0 saturated carbocycles. The Morgan fingerprint density at radius 1 is 1.17 bits per heavy atom. The van der Waals surface area contributed by atoms with E-state index >= 15 is 0 Å². The number of halogens is 1. The molecule has 1 aromatic rings. The lowest BCUT2D eigenvalue weighted by atomic mass is 10.1. The van der Waals surface area contributed by atoms with E-state index in [1.807, 2.05) is 4.90 Å². The number of benzene rings is 1. The SMILES string of the molecule is CC(=O)c1ccc(N2CCN(CCCCC(=O)O)CC2)c(F)c1. The minimum absolute atomic E-state index is 0.137. The van der Waals surface area contributed by atoms with Gasteiger partial charge in [0.25, 0.3) is 0 Å². The molecule has 0 aromatic heterocycles. The number of Topliss-reactive ketones (excluding diaryl/α,β-unsaturated/α-hetero) is 1. The average molecular weight is 322 g/mol. The maximum Gasteiger partial charge on any atom is 0.303 e. The number of anilines is 1. The summed E-state index contributed by atoms with van der Waals surface area (Å²) in [6, 6.07) is 4.64. The summed E-state index contributed by atoms with van der Waals surface area (Å²) in [5, 5.41) is 8.61. The van der Waals surface area contributed by atoms with E-state index in [-0.39, 0.29) is 18.0 Å². The molecule has 5 nitrogen and oxygen atoms in total. The molecule has 1 saturated heterocycles. The molecule has 0 unspecified atom stereocenters. The van der Waals surface area contributed by atoms with Crippen molar-refractivity contribution in [3.63, 3.8) is 0 Å². The predicted molar refractivity (Wildman–Crippen MR) is 86.5 cm³/mol. The summed E-state index contributed by atoms with van der Waals surface area (Å²) < 4.78 is 14.2. The number of carbonyl (C=O) groups is 2. The van der Waals surface area contributed by atoms with E-state index in [0.717, 1.165) is 39.1 Å². The molecule has 0 amide bonds. The van der Waals surface area contributed by atoms with Crippen LogP contribution < -0.4 is 4.90 Å². The molecule has 2 rings (SSSR count). The predicted octanol–water partition coefficient (Wildman–Crippen LogP) is 2.41. The average Bonchev–Trinajstić information content (AvgIpc) is 2.52. The van der Waals surface area contributed by atoms with E-state index in [0.29, 0.717) is 17.7 Å². The van der Waals surface area contributed by atoms with Crippen LogP contribution in [0.4, 0.5) is 10.1 Å². The van der Waals surface area contributed by atoms with Gasteiger partial charge in [-0.25, -0.2) is 4.39 Å². The summed E-state index contributed by atoms with van der Waals surface area (Å²) in [5.74, 6) is -1.24.